The van der Waals surface area contributed by atoms with Crippen molar-refractivity contribution in [3.05, 3.63) is 60.2 Å². The summed E-state index contributed by atoms with van der Waals surface area (Å²) in [5, 5.41) is 3.43. The highest BCUT2D eigenvalue weighted by Crippen LogP contribution is 2.21. The lowest BCUT2D eigenvalue weighted by molar-refractivity contribution is 0.340. The molecule has 0 aliphatic heterocycles. The lowest BCUT2D eigenvalue weighted by Gasteiger charge is -2.18. The quantitative estimate of drug-likeness (QED) is 0.834. The molecule has 0 aromatic heterocycles. The first-order chi connectivity index (χ1) is 9.33. The molecule has 0 saturated heterocycles. The Morgan fingerprint density at radius 1 is 1.05 bits per heavy atom. The van der Waals surface area contributed by atoms with E-state index in [4.69, 9.17) is 10.5 Å². The fourth-order valence-electron chi connectivity index (χ4n) is 1.98. The van der Waals surface area contributed by atoms with Crippen molar-refractivity contribution in [3.8, 4) is 5.75 Å². The summed E-state index contributed by atoms with van der Waals surface area (Å²) in [4.78, 5) is 0. The summed E-state index contributed by atoms with van der Waals surface area (Å²) in [6, 6.07) is 18.3. The molecule has 100 valence electrons. The molecule has 0 radical (unpaired) electrons. The van der Waals surface area contributed by atoms with Crippen molar-refractivity contribution >= 4 is 5.69 Å². The normalized spacial score (nSPS) is 11.9. The molecule has 2 aromatic rings. The molecule has 0 saturated carbocycles. The van der Waals surface area contributed by atoms with E-state index in [2.05, 4.69) is 17.4 Å². The Bertz CT molecular complexity index is 482. The minimum atomic E-state index is 0.124. The van der Waals surface area contributed by atoms with Gasteiger partial charge in [-0.05, 0) is 36.8 Å². The van der Waals surface area contributed by atoms with Gasteiger partial charge in [0.15, 0.2) is 0 Å². The van der Waals surface area contributed by atoms with Gasteiger partial charge in [-0.3, -0.25) is 0 Å². The zero-order chi connectivity index (χ0) is 13.5. The SMILES string of the molecule is CCOc1ccc(NC(CN)c2ccccc2)cc1. The predicted molar refractivity (Wildman–Crippen MR) is 79.5 cm³/mol. The Labute approximate surface area is 114 Å². The van der Waals surface area contributed by atoms with Gasteiger partial charge in [-0.1, -0.05) is 30.3 Å². The first-order valence-corrected chi connectivity index (χ1v) is 6.58. The van der Waals surface area contributed by atoms with E-state index in [-0.39, 0.29) is 6.04 Å². The maximum Gasteiger partial charge on any atom is 0.119 e. The van der Waals surface area contributed by atoms with E-state index < -0.39 is 0 Å². The van der Waals surface area contributed by atoms with Gasteiger partial charge >= 0.3 is 0 Å². The number of benzene rings is 2. The van der Waals surface area contributed by atoms with Crippen LogP contribution in [-0.4, -0.2) is 13.2 Å². The van der Waals surface area contributed by atoms with Crippen LogP contribution >= 0.6 is 0 Å². The first kappa shape index (κ1) is 13.4. The third kappa shape index (κ3) is 3.73. The lowest BCUT2D eigenvalue weighted by atomic mass is 10.1. The Morgan fingerprint density at radius 3 is 2.32 bits per heavy atom. The van der Waals surface area contributed by atoms with E-state index in [0.717, 1.165) is 11.4 Å². The van der Waals surface area contributed by atoms with Crippen LogP contribution in [-0.2, 0) is 0 Å². The van der Waals surface area contributed by atoms with Crippen LogP contribution in [0.5, 0.6) is 5.75 Å². The summed E-state index contributed by atoms with van der Waals surface area (Å²) in [6.07, 6.45) is 0. The zero-order valence-corrected chi connectivity index (χ0v) is 11.2. The van der Waals surface area contributed by atoms with Crippen LogP contribution in [0.1, 0.15) is 18.5 Å². The fraction of sp³-hybridized carbons (Fsp3) is 0.250. The standard InChI is InChI=1S/C16H20N2O/c1-2-19-15-10-8-14(9-11-15)18-16(12-17)13-6-4-3-5-7-13/h3-11,16,18H,2,12,17H2,1H3. The monoisotopic (exact) mass is 256 g/mol. The molecule has 0 amide bonds. The smallest absolute Gasteiger partial charge is 0.119 e. The van der Waals surface area contributed by atoms with Gasteiger partial charge in [-0.25, -0.2) is 0 Å². The fourth-order valence-corrected chi connectivity index (χ4v) is 1.98. The van der Waals surface area contributed by atoms with Crippen molar-refractivity contribution in [2.24, 2.45) is 5.73 Å². The molecule has 0 fully saturated rings. The molecule has 2 rings (SSSR count). The topological polar surface area (TPSA) is 47.3 Å². The van der Waals surface area contributed by atoms with Crippen LogP contribution in [0.3, 0.4) is 0 Å². The number of rotatable bonds is 6. The molecule has 0 heterocycles. The van der Waals surface area contributed by atoms with Gasteiger partial charge in [0, 0.05) is 12.2 Å². The van der Waals surface area contributed by atoms with Crippen LogP contribution in [0, 0.1) is 0 Å². The third-order valence-electron chi connectivity index (χ3n) is 2.94. The van der Waals surface area contributed by atoms with Gasteiger partial charge < -0.3 is 15.8 Å². The van der Waals surface area contributed by atoms with Crippen LogP contribution in [0.2, 0.25) is 0 Å². The zero-order valence-electron chi connectivity index (χ0n) is 11.2. The average molecular weight is 256 g/mol. The van der Waals surface area contributed by atoms with Gasteiger partial charge in [-0.2, -0.15) is 0 Å². The molecule has 3 heteroatoms. The van der Waals surface area contributed by atoms with Crippen molar-refractivity contribution in [3.63, 3.8) is 0 Å². The summed E-state index contributed by atoms with van der Waals surface area (Å²) < 4.78 is 5.42. The molecular formula is C16H20N2O. The van der Waals surface area contributed by atoms with E-state index in [0.29, 0.717) is 13.2 Å². The van der Waals surface area contributed by atoms with Crippen molar-refractivity contribution in [2.45, 2.75) is 13.0 Å². The van der Waals surface area contributed by atoms with Gasteiger partial charge in [-0.15, -0.1) is 0 Å². The number of hydrogen-bond acceptors (Lipinski definition) is 3. The summed E-state index contributed by atoms with van der Waals surface area (Å²) in [7, 11) is 0. The van der Waals surface area contributed by atoms with Crippen molar-refractivity contribution in [1.82, 2.24) is 0 Å². The Hall–Kier alpha value is -2.00. The molecule has 2 aromatic carbocycles. The Morgan fingerprint density at radius 2 is 1.74 bits per heavy atom. The number of nitrogens with one attached hydrogen (secondary N) is 1. The minimum absolute atomic E-state index is 0.124. The molecule has 0 spiro atoms. The third-order valence-corrected chi connectivity index (χ3v) is 2.94. The maximum absolute atomic E-state index is 5.84. The van der Waals surface area contributed by atoms with Gasteiger partial charge in [0.2, 0.25) is 0 Å². The van der Waals surface area contributed by atoms with Crippen molar-refractivity contribution < 1.29 is 4.74 Å². The van der Waals surface area contributed by atoms with E-state index in [9.17, 15) is 0 Å². The first-order valence-electron chi connectivity index (χ1n) is 6.58. The van der Waals surface area contributed by atoms with Gasteiger partial charge in [0.25, 0.3) is 0 Å². The van der Waals surface area contributed by atoms with Crippen LogP contribution < -0.4 is 15.8 Å². The molecule has 0 aliphatic carbocycles. The number of ether oxygens (including phenoxy) is 1. The summed E-state index contributed by atoms with van der Waals surface area (Å²) >= 11 is 0. The molecule has 19 heavy (non-hydrogen) atoms. The second-order valence-corrected chi connectivity index (χ2v) is 4.30. The highest BCUT2D eigenvalue weighted by atomic mass is 16.5. The van der Waals surface area contributed by atoms with Crippen LogP contribution in [0.15, 0.2) is 54.6 Å². The minimum Gasteiger partial charge on any atom is -0.494 e. The van der Waals surface area contributed by atoms with E-state index in [1.54, 1.807) is 0 Å². The number of anilines is 1. The van der Waals surface area contributed by atoms with Gasteiger partial charge in [0.1, 0.15) is 5.75 Å². The second kappa shape index (κ2) is 6.81. The highest BCUT2D eigenvalue weighted by molar-refractivity contribution is 5.48. The summed E-state index contributed by atoms with van der Waals surface area (Å²) in [6.45, 7) is 3.21. The maximum atomic E-state index is 5.84. The summed E-state index contributed by atoms with van der Waals surface area (Å²) in [5.41, 5.74) is 8.08. The second-order valence-electron chi connectivity index (χ2n) is 4.30. The molecule has 1 unspecified atom stereocenters. The van der Waals surface area contributed by atoms with Crippen molar-refractivity contribution in [2.75, 3.05) is 18.5 Å². The molecular weight excluding hydrogens is 236 g/mol. The largest absolute Gasteiger partial charge is 0.494 e. The molecule has 0 aliphatic rings. The summed E-state index contributed by atoms with van der Waals surface area (Å²) in [5.74, 6) is 0.886. The van der Waals surface area contributed by atoms with E-state index in [1.165, 1.54) is 5.56 Å². The van der Waals surface area contributed by atoms with Crippen molar-refractivity contribution in [1.29, 1.82) is 0 Å². The molecule has 3 nitrogen and oxygen atoms in total. The van der Waals surface area contributed by atoms with E-state index >= 15 is 0 Å². The number of hydrogen-bond donors (Lipinski definition) is 2. The van der Waals surface area contributed by atoms with Gasteiger partial charge in [0.05, 0.1) is 12.6 Å². The molecule has 1 atom stereocenters. The number of nitrogens with two attached hydrogens (primary N) is 1. The highest BCUT2D eigenvalue weighted by Gasteiger charge is 2.08. The Balaban J connectivity index is 2.06. The van der Waals surface area contributed by atoms with E-state index in [1.807, 2.05) is 49.4 Å². The Kier molecular flexibility index (Phi) is 4.81. The van der Waals surface area contributed by atoms with Crippen LogP contribution in [0.25, 0.3) is 0 Å². The predicted octanol–water partition coefficient (Wildman–Crippen LogP) is 3.20. The molecule has 0 bridgehead atoms. The average Bonchev–Trinajstić information content (AvgIpc) is 2.48. The van der Waals surface area contributed by atoms with Crippen LogP contribution in [0.4, 0.5) is 5.69 Å². The lowest BCUT2D eigenvalue weighted by Crippen LogP contribution is -2.20. The molecule has 3 N–H and O–H groups in total.